The molecule has 0 unspecified atom stereocenters. The van der Waals surface area contributed by atoms with E-state index in [2.05, 4.69) is 9.97 Å². The van der Waals surface area contributed by atoms with Gasteiger partial charge in [-0.3, -0.25) is 13.9 Å². The van der Waals surface area contributed by atoms with Crippen LogP contribution in [-0.2, 0) is 26.2 Å². The third kappa shape index (κ3) is 5.12. The maximum atomic E-state index is 13.4. The fraction of sp³-hybridized carbons (Fsp3) is 0.250. The van der Waals surface area contributed by atoms with Crippen molar-refractivity contribution in [1.82, 2.24) is 19.1 Å². The minimum atomic E-state index is -4.60. The van der Waals surface area contributed by atoms with Gasteiger partial charge in [-0.25, -0.2) is 14.8 Å². The van der Waals surface area contributed by atoms with Crippen LogP contribution in [0.3, 0.4) is 0 Å². The molecule has 3 heterocycles. The van der Waals surface area contributed by atoms with Gasteiger partial charge in [-0.1, -0.05) is 23.7 Å². The van der Waals surface area contributed by atoms with Gasteiger partial charge in [0.25, 0.3) is 5.56 Å². The van der Waals surface area contributed by atoms with Crippen molar-refractivity contribution in [2.24, 2.45) is 7.05 Å². The zero-order valence-electron chi connectivity index (χ0n) is 18.9. The lowest BCUT2D eigenvalue weighted by Gasteiger charge is -2.16. The van der Waals surface area contributed by atoms with E-state index in [1.165, 1.54) is 17.8 Å². The van der Waals surface area contributed by atoms with E-state index in [0.717, 1.165) is 28.5 Å². The molecule has 1 aromatic carbocycles. The number of aliphatic hydroxyl groups is 1. The van der Waals surface area contributed by atoms with Crippen LogP contribution in [0.1, 0.15) is 23.2 Å². The lowest BCUT2D eigenvalue weighted by atomic mass is 10.0. The SMILES string of the molecule is Cn1c(=O)n(CCCO)c(=O)c2c(Cc3ccc(Cl)cc3)c(Oc3ccc(C(F)(F)F)nc3)cnc21. The third-order valence-corrected chi connectivity index (χ3v) is 5.76. The van der Waals surface area contributed by atoms with E-state index in [-0.39, 0.29) is 48.5 Å². The number of fused-ring (bicyclic) bond motifs is 1. The number of alkyl halides is 3. The molecule has 0 saturated carbocycles. The fourth-order valence-corrected chi connectivity index (χ4v) is 3.85. The van der Waals surface area contributed by atoms with Gasteiger partial charge in [-0.05, 0) is 36.2 Å². The molecule has 3 aromatic heterocycles. The Morgan fingerprint density at radius 1 is 1.06 bits per heavy atom. The Hall–Kier alpha value is -3.70. The summed E-state index contributed by atoms with van der Waals surface area (Å²) in [4.78, 5) is 33.9. The van der Waals surface area contributed by atoms with Gasteiger partial charge in [0.15, 0.2) is 0 Å². The zero-order valence-corrected chi connectivity index (χ0v) is 19.7. The fourth-order valence-electron chi connectivity index (χ4n) is 3.72. The number of benzene rings is 1. The van der Waals surface area contributed by atoms with Gasteiger partial charge >= 0.3 is 11.9 Å². The molecular weight excluding hydrogens is 501 g/mol. The topological polar surface area (TPSA) is 99.2 Å². The smallest absolute Gasteiger partial charge is 0.433 e. The molecule has 0 saturated heterocycles. The highest BCUT2D eigenvalue weighted by molar-refractivity contribution is 6.30. The van der Waals surface area contributed by atoms with E-state index in [4.69, 9.17) is 16.3 Å². The standard InChI is InChI=1S/C24H20ClF3N4O4/c1-31-21-20(22(34)32(23(31)35)9-2-10-33)17(11-14-3-5-15(25)6-4-14)18(13-30-21)36-16-7-8-19(29-12-16)24(26,27)28/h3-8,12-13,33H,2,9-11H2,1H3. The average Bonchev–Trinajstić information content (AvgIpc) is 2.84. The number of aliphatic hydroxyl groups excluding tert-OH is 1. The van der Waals surface area contributed by atoms with Crippen molar-refractivity contribution in [1.29, 1.82) is 0 Å². The molecule has 12 heteroatoms. The van der Waals surface area contributed by atoms with E-state index < -0.39 is 23.1 Å². The van der Waals surface area contributed by atoms with Crippen molar-refractivity contribution in [3.63, 3.8) is 0 Å². The van der Waals surface area contributed by atoms with Gasteiger partial charge in [-0.2, -0.15) is 13.2 Å². The number of halogens is 4. The number of hydrogen-bond donors (Lipinski definition) is 1. The van der Waals surface area contributed by atoms with Crippen molar-refractivity contribution >= 4 is 22.6 Å². The summed E-state index contributed by atoms with van der Waals surface area (Å²) in [7, 11) is 1.47. The Kier molecular flexibility index (Phi) is 7.14. The predicted molar refractivity (Wildman–Crippen MR) is 127 cm³/mol. The molecule has 0 radical (unpaired) electrons. The summed E-state index contributed by atoms with van der Waals surface area (Å²) in [6.45, 7) is -0.222. The van der Waals surface area contributed by atoms with Crippen LogP contribution in [-0.4, -0.2) is 30.8 Å². The van der Waals surface area contributed by atoms with Crippen molar-refractivity contribution < 1.29 is 23.0 Å². The Morgan fingerprint density at radius 2 is 1.78 bits per heavy atom. The molecule has 8 nitrogen and oxygen atoms in total. The van der Waals surface area contributed by atoms with E-state index in [0.29, 0.717) is 10.6 Å². The van der Waals surface area contributed by atoms with E-state index in [9.17, 15) is 27.9 Å². The summed E-state index contributed by atoms with van der Waals surface area (Å²) < 4.78 is 46.7. The van der Waals surface area contributed by atoms with Gasteiger partial charge in [0.1, 0.15) is 22.8 Å². The van der Waals surface area contributed by atoms with Gasteiger partial charge < -0.3 is 9.84 Å². The van der Waals surface area contributed by atoms with Crippen LogP contribution in [0.4, 0.5) is 13.2 Å². The summed E-state index contributed by atoms with van der Waals surface area (Å²) in [5.41, 5.74) is -1.03. The number of aromatic nitrogens is 4. The normalized spacial score (nSPS) is 11.7. The highest BCUT2D eigenvalue weighted by atomic mass is 35.5. The first-order chi connectivity index (χ1) is 17.1. The first kappa shape index (κ1) is 25.4. The Morgan fingerprint density at radius 3 is 2.39 bits per heavy atom. The van der Waals surface area contributed by atoms with Crippen LogP contribution in [0, 0.1) is 0 Å². The average molecular weight is 521 g/mol. The Labute approximate surface area is 207 Å². The van der Waals surface area contributed by atoms with Crippen LogP contribution < -0.4 is 16.0 Å². The molecule has 0 spiro atoms. The summed E-state index contributed by atoms with van der Waals surface area (Å²) in [6.07, 6.45) is -2.00. The van der Waals surface area contributed by atoms with Crippen LogP contribution in [0.2, 0.25) is 5.02 Å². The second-order valence-electron chi connectivity index (χ2n) is 7.96. The lowest BCUT2D eigenvalue weighted by Crippen LogP contribution is -2.40. The van der Waals surface area contributed by atoms with Crippen molar-refractivity contribution in [2.45, 2.75) is 25.6 Å². The monoisotopic (exact) mass is 520 g/mol. The molecular formula is C24H20ClF3N4O4. The van der Waals surface area contributed by atoms with Crippen molar-refractivity contribution in [3.8, 4) is 11.5 Å². The highest BCUT2D eigenvalue weighted by Gasteiger charge is 2.32. The number of pyridine rings is 2. The molecule has 0 fully saturated rings. The second kappa shape index (κ2) is 10.1. The number of nitrogens with zero attached hydrogens (tertiary/aromatic N) is 4. The van der Waals surface area contributed by atoms with E-state index in [1.54, 1.807) is 24.3 Å². The number of hydrogen-bond acceptors (Lipinski definition) is 6. The maximum absolute atomic E-state index is 13.4. The highest BCUT2D eigenvalue weighted by Crippen LogP contribution is 2.32. The molecule has 0 aliphatic carbocycles. The van der Waals surface area contributed by atoms with Gasteiger partial charge in [-0.15, -0.1) is 0 Å². The zero-order chi connectivity index (χ0) is 26.0. The Bertz CT molecular complexity index is 1520. The molecule has 188 valence electrons. The van der Waals surface area contributed by atoms with Gasteiger partial charge in [0.2, 0.25) is 0 Å². The summed E-state index contributed by atoms with van der Waals surface area (Å²) in [5, 5.41) is 9.82. The molecule has 4 aromatic rings. The first-order valence-electron chi connectivity index (χ1n) is 10.8. The minimum Gasteiger partial charge on any atom is -0.454 e. The Balaban J connectivity index is 1.90. The van der Waals surface area contributed by atoms with Crippen molar-refractivity contribution in [3.05, 3.63) is 91.5 Å². The molecule has 1 N–H and O–H groups in total. The molecule has 36 heavy (non-hydrogen) atoms. The van der Waals surface area contributed by atoms with Gasteiger partial charge in [0.05, 0.1) is 17.8 Å². The van der Waals surface area contributed by atoms with Gasteiger partial charge in [0, 0.05) is 37.2 Å². The first-order valence-corrected chi connectivity index (χ1v) is 11.2. The molecule has 0 atom stereocenters. The molecule has 4 rings (SSSR count). The van der Waals surface area contributed by atoms with Crippen LogP contribution in [0.5, 0.6) is 11.5 Å². The second-order valence-corrected chi connectivity index (χ2v) is 8.39. The quantitative estimate of drug-likeness (QED) is 0.396. The molecule has 0 aliphatic heterocycles. The molecule has 0 aliphatic rings. The van der Waals surface area contributed by atoms with E-state index in [1.807, 2.05) is 0 Å². The summed E-state index contributed by atoms with van der Waals surface area (Å²) in [6, 6.07) is 8.76. The molecule has 0 bridgehead atoms. The minimum absolute atomic E-state index is 0.00642. The lowest BCUT2D eigenvalue weighted by molar-refractivity contribution is -0.141. The predicted octanol–water partition coefficient (Wildman–Crippen LogP) is 3.93. The van der Waals surface area contributed by atoms with E-state index >= 15 is 0 Å². The third-order valence-electron chi connectivity index (χ3n) is 5.51. The summed E-state index contributed by atoms with van der Waals surface area (Å²) in [5.74, 6) is 0.121. The van der Waals surface area contributed by atoms with Crippen LogP contribution in [0.15, 0.2) is 58.4 Å². The number of aryl methyl sites for hydroxylation is 1. The maximum Gasteiger partial charge on any atom is 0.433 e. The van der Waals surface area contributed by atoms with Crippen molar-refractivity contribution in [2.75, 3.05) is 6.61 Å². The largest absolute Gasteiger partial charge is 0.454 e. The number of rotatable bonds is 7. The van der Waals surface area contributed by atoms with Crippen LogP contribution >= 0.6 is 11.6 Å². The molecule has 0 amide bonds. The number of ether oxygens (including phenoxy) is 1. The van der Waals surface area contributed by atoms with Crippen LogP contribution in [0.25, 0.3) is 11.0 Å². The summed E-state index contributed by atoms with van der Waals surface area (Å²) >= 11 is 5.99.